The zero-order chi connectivity index (χ0) is 15.3. The van der Waals surface area contributed by atoms with E-state index in [1.165, 1.54) is 31.9 Å². The maximum atomic E-state index is 12.3. The van der Waals surface area contributed by atoms with Gasteiger partial charge in [-0.25, -0.2) is 18.1 Å². The van der Waals surface area contributed by atoms with Gasteiger partial charge in [-0.2, -0.15) is 0 Å². The van der Waals surface area contributed by atoms with Crippen molar-refractivity contribution in [1.29, 1.82) is 0 Å². The zero-order valence-corrected chi connectivity index (χ0v) is 13.5. The van der Waals surface area contributed by atoms with Crippen LogP contribution in [0.2, 0.25) is 0 Å². The van der Waals surface area contributed by atoms with Crippen LogP contribution in [0.5, 0.6) is 0 Å². The largest absolute Gasteiger partial charge is 0.386 e. The van der Waals surface area contributed by atoms with Crippen LogP contribution in [-0.2, 0) is 10.0 Å². The quantitative estimate of drug-likeness (QED) is 0.793. The summed E-state index contributed by atoms with van der Waals surface area (Å²) in [6.07, 6.45) is 6.47. The van der Waals surface area contributed by atoms with Crippen LogP contribution in [0.15, 0.2) is 23.4 Å². The van der Waals surface area contributed by atoms with Gasteiger partial charge in [-0.1, -0.05) is 12.8 Å². The molecule has 0 spiro atoms. The average molecular weight is 312 g/mol. The van der Waals surface area contributed by atoms with Crippen LogP contribution < -0.4 is 10.0 Å². The summed E-state index contributed by atoms with van der Waals surface area (Å²) in [4.78, 5) is 6.21. The van der Waals surface area contributed by atoms with Gasteiger partial charge in [-0.05, 0) is 32.0 Å². The smallest absolute Gasteiger partial charge is 0.260 e. The van der Waals surface area contributed by atoms with Crippen LogP contribution in [-0.4, -0.2) is 51.5 Å². The molecule has 0 radical (unpaired) electrons. The van der Waals surface area contributed by atoms with Gasteiger partial charge in [0.15, 0.2) is 5.03 Å². The van der Waals surface area contributed by atoms with Crippen molar-refractivity contribution >= 4 is 15.7 Å². The molecule has 1 aliphatic carbocycles. The van der Waals surface area contributed by atoms with Crippen LogP contribution >= 0.6 is 0 Å². The molecule has 0 aliphatic heterocycles. The number of pyridine rings is 1. The predicted octanol–water partition coefficient (Wildman–Crippen LogP) is 1.28. The molecule has 0 atom stereocenters. The Bertz CT molecular complexity index is 556. The standard InChI is InChI=1S/C14H24N4O2S/c1-15-13-8-5-9-16-14(13)21(19,20)17-10-11-18(2)12-6-3-4-7-12/h5,8-9,12,15,17H,3-4,6-7,10-11H2,1-2H3. The number of hydrogen-bond acceptors (Lipinski definition) is 5. The summed E-state index contributed by atoms with van der Waals surface area (Å²) in [6.45, 7) is 1.11. The highest BCUT2D eigenvalue weighted by atomic mass is 32.2. The number of anilines is 1. The van der Waals surface area contributed by atoms with Gasteiger partial charge >= 0.3 is 0 Å². The van der Waals surface area contributed by atoms with Crippen molar-refractivity contribution in [3.8, 4) is 0 Å². The molecule has 0 saturated heterocycles. The Morgan fingerprint density at radius 1 is 1.38 bits per heavy atom. The van der Waals surface area contributed by atoms with Gasteiger partial charge in [-0.15, -0.1) is 0 Å². The van der Waals surface area contributed by atoms with E-state index in [-0.39, 0.29) is 5.03 Å². The van der Waals surface area contributed by atoms with Gasteiger partial charge in [0.1, 0.15) is 0 Å². The van der Waals surface area contributed by atoms with Crippen molar-refractivity contribution < 1.29 is 8.42 Å². The van der Waals surface area contributed by atoms with Crippen molar-refractivity contribution in [1.82, 2.24) is 14.6 Å². The van der Waals surface area contributed by atoms with E-state index < -0.39 is 10.0 Å². The third-order valence-electron chi connectivity index (χ3n) is 4.00. The Morgan fingerprint density at radius 3 is 2.76 bits per heavy atom. The Labute approximate surface area is 127 Å². The monoisotopic (exact) mass is 312 g/mol. The van der Waals surface area contributed by atoms with E-state index in [9.17, 15) is 8.42 Å². The molecule has 0 unspecified atom stereocenters. The van der Waals surface area contributed by atoms with Crippen LogP contribution in [0.3, 0.4) is 0 Å². The number of aromatic nitrogens is 1. The molecule has 0 bridgehead atoms. The summed E-state index contributed by atoms with van der Waals surface area (Å²) in [6, 6.07) is 4.00. The van der Waals surface area contributed by atoms with Crippen LogP contribution in [0, 0.1) is 0 Å². The van der Waals surface area contributed by atoms with Crippen LogP contribution in [0.25, 0.3) is 0 Å². The Kier molecular flexibility index (Phi) is 5.55. The minimum absolute atomic E-state index is 0.0519. The third kappa shape index (κ3) is 4.15. The third-order valence-corrected chi connectivity index (χ3v) is 5.42. The molecule has 2 N–H and O–H groups in total. The van der Waals surface area contributed by atoms with Crippen molar-refractivity contribution in [3.05, 3.63) is 18.3 Å². The fraction of sp³-hybridized carbons (Fsp3) is 0.643. The minimum Gasteiger partial charge on any atom is -0.386 e. The molecule has 1 heterocycles. The normalized spacial score (nSPS) is 16.5. The highest BCUT2D eigenvalue weighted by molar-refractivity contribution is 7.89. The van der Waals surface area contributed by atoms with Gasteiger partial charge in [0.05, 0.1) is 5.69 Å². The van der Waals surface area contributed by atoms with E-state index in [1.54, 1.807) is 19.2 Å². The molecule has 1 aliphatic rings. The summed E-state index contributed by atoms with van der Waals surface area (Å²) >= 11 is 0. The molecule has 118 valence electrons. The van der Waals surface area contributed by atoms with E-state index in [2.05, 4.69) is 27.0 Å². The number of rotatable bonds is 7. The predicted molar refractivity (Wildman–Crippen MR) is 83.9 cm³/mol. The lowest BCUT2D eigenvalue weighted by molar-refractivity contribution is 0.250. The van der Waals surface area contributed by atoms with Crippen molar-refractivity contribution in [3.63, 3.8) is 0 Å². The van der Waals surface area contributed by atoms with Crippen molar-refractivity contribution in [2.45, 2.75) is 36.8 Å². The molecule has 6 nitrogen and oxygen atoms in total. The van der Waals surface area contributed by atoms with E-state index in [1.807, 2.05) is 0 Å². The first-order valence-corrected chi connectivity index (χ1v) is 8.85. The fourth-order valence-electron chi connectivity index (χ4n) is 2.75. The van der Waals surface area contributed by atoms with Crippen molar-refractivity contribution in [2.24, 2.45) is 0 Å². The van der Waals surface area contributed by atoms with Crippen LogP contribution in [0.4, 0.5) is 5.69 Å². The number of likely N-dealkylation sites (N-methyl/N-ethyl adjacent to an activating group) is 1. The van der Waals surface area contributed by atoms with Gasteiger partial charge < -0.3 is 10.2 Å². The maximum absolute atomic E-state index is 12.3. The molecular formula is C14H24N4O2S. The molecule has 7 heteroatoms. The lowest BCUT2D eigenvalue weighted by Crippen LogP contribution is -2.37. The molecule has 1 fully saturated rings. The maximum Gasteiger partial charge on any atom is 0.260 e. The summed E-state index contributed by atoms with van der Waals surface area (Å²) in [7, 11) is 0.172. The lowest BCUT2D eigenvalue weighted by atomic mass is 10.2. The summed E-state index contributed by atoms with van der Waals surface area (Å²) in [5.41, 5.74) is 0.508. The summed E-state index contributed by atoms with van der Waals surface area (Å²) < 4.78 is 27.2. The topological polar surface area (TPSA) is 74.3 Å². The van der Waals surface area contributed by atoms with E-state index >= 15 is 0 Å². The van der Waals surface area contributed by atoms with Gasteiger partial charge in [-0.3, -0.25) is 0 Å². The van der Waals surface area contributed by atoms with E-state index in [0.717, 1.165) is 0 Å². The van der Waals surface area contributed by atoms with Crippen molar-refractivity contribution in [2.75, 3.05) is 32.5 Å². The second-order valence-corrected chi connectivity index (χ2v) is 7.11. The Balaban J connectivity index is 1.92. The zero-order valence-electron chi connectivity index (χ0n) is 12.7. The average Bonchev–Trinajstić information content (AvgIpc) is 3.01. The Morgan fingerprint density at radius 2 is 2.10 bits per heavy atom. The van der Waals surface area contributed by atoms with Crippen LogP contribution in [0.1, 0.15) is 25.7 Å². The number of nitrogens with zero attached hydrogens (tertiary/aromatic N) is 2. The summed E-state index contributed by atoms with van der Waals surface area (Å²) in [5.74, 6) is 0. The molecule has 1 aromatic rings. The molecule has 2 rings (SSSR count). The van der Waals surface area contributed by atoms with Gasteiger partial charge in [0, 0.05) is 32.4 Å². The summed E-state index contributed by atoms with van der Waals surface area (Å²) in [5, 5.41) is 2.91. The number of sulfonamides is 1. The van der Waals surface area contributed by atoms with Gasteiger partial charge in [0.2, 0.25) is 0 Å². The Hall–Kier alpha value is -1.18. The number of hydrogen-bond donors (Lipinski definition) is 2. The lowest BCUT2D eigenvalue weighted by Gasteiger charge is -2.23. The molecule has 0 aromatic carbocycles. The molecule has 1 saturated carbocycles. The molecule has 1 aromatic heterocycles. The fourth-order valence-corrected chi connectivity index (χ4v) is 3.90. The molecular weight excluding hydrogens is 288 g/mol. The first-order chi connectivity index (χ1) is 10.0. The number of nitrogens with one attached hydrogen (secondary N) is 2. The second kappa shape index (κ2) is 7.20. The SMILES string of the molecule is CNc1cccnc1S(=O)(=O)NCCN(C)C1CCCC1. The molecule has 21 heavy (non-hydrogen) atoms. The second-order valence-electron chi connectivity index (χ2n) is 5.42. The first-order valence-electron chi connectivity index (χ1n) is 7.37. The first kappa shape index (κ1) is 16.2. The highest BCUT2D eigenvalue weighted by Crippen LogP contribution is 2.22. The molecule has 0 amide bonds. The highest BCUT2D eigenvalue weighted by Gasteiger charge is 2.22. The van der Waals surface area contributed by atoms with E-state index in [4.69, 9.17) is 0 Å². The minimum atomic E-state index is -3.57. The van der Waals surface area contributed by atoms with E-state index in [0.29, 0.717) is 24.8 Å². The van der Waals surface area contributed by atoms with Gasteiger partial charge in [0.25, 0.3) is 10.0 Å².